The van der Waals surface area contributed by atoms with Crippen LogP contribution in [0.5, 0.6) is 17.2 Å². The van der Waals surface area contributed by atoms with E-state index in [2.05, 4.69) is 5.32 Å². The average molecular weight is 378 g/mol. The molecule has 0 aliphatic rings. The summed E-state index contributed by atoms with van der Waals surface area (Å²) in [5.74, 6) is 1.56. The lowest BCUT2D eigenvalue weighted by molar-refractivity contribution is 0.0936. The van der Waals surface area contributed by atoms with Crippen molar-refractivity contribution in [2.75, 3.05) is 20.3 Å². The van der Waals surface area contributed by atoms with Crippen LogP contribution in [0.15, 0.2) is 36.4 Å². The van der Waals surface area contributed by atoms with Gasteiger partial charge in [0.1, 0.15) is 5.75 Å². The molecule has 0 unspecified atom stereocenters. The number of amides is 1. The zero-order valence-electron chi connectivity index (χ0n) is 15.5. The molecule has 0 heterocycles. The van der Waals surface area contributed by atoms with Crippen LogP contribution in [0.3, 0.4) is 0 Å². The third kappa shape index (κ3) is 4.82. The molecule has 2 aromatic carbocycles. The van der Waals surface area contributed by atoms with E-state index in [1.54, 1.807) is 18.2 Å². The number of methoxy groups -OCH3 is 1. The normalized spacial score (nSPS) is 11.6. The molecule has 0 bridgehead atoms. The second-order valence-electron chi connectivity index (χ2n) is 5.61. The molecule has 0 fully saturated rings. The Bertz CT molecular complexity index is 763. The molecule has 1 atom stereocenters. The van der Waals surface area contributed by atoms with Gasteiger partial charge in [-0.05, 0) is 56.7 Å². The van der Waals surface area contributed by atoms with Crippen molar-refractivity contribution in [1.29, 1.82) is 0 Å². The maximum atomic E-state index is 12.6. The van der Waals surface area contributed by atoms with Crippen molar-refractivity contribution in [1.82, 2.24) is 5.32 Å². The van der Waals surface area contributed by atoms with E-state index < -0.39 is 0 Å². The van der Waals surface area contributed by atoms with Crippen LogP contribution in [-0.2, 0) is 0 Å². The Morgan fingerprint density at radius 1 is 1.04 bits per heavy atom. The lowest BCUT2D eigenvalue weighted by Crippen LogP contribution is -2.27. The summed E-state index contributed by atoms with van der Waals surface area (Å²) in [5, 5.41) is 3.44. The largest absolute Gasteiger partial charge is 0.496 e. The van der Waals surface area contributed by atoms with Crippen LogP contribution in [0.25, 0.3) is 0 Å². The SMILES string of the molecule is CCOc1ccc([C@H](C)NC(=O)c2cc(Cl)ccc2OC)cc1OCC. The number of rotatable bonds is 8. The Hall–Kier alpha value is -2.40. The zero-order chi connectivity index (χ0) is 19.1. The van der Waals surface area contributed by atoms with Crippen LogP contribution in [0.4, 0.5) is 0 Å². The maximum Gasteiger partial charge on any atom is 0.255 e. The van der Waals surface area contributed by atoms with Crippen molar-refractivity contribution in [3.05, 3.63) is 52.5 Å². The second-order valence-corrected chi connectivity index (χ2v) is 6.05. The smallest absolute Gasteiger partial charge is 0.255 e. The van der Waals surface area contributed by atoms with Gasteiger partial charge >= 0.3 is 0 Å². The Labute approximate surface area is 159 Å². The van der Waals surface area contributed by atoms with Crippen molar-refractivity contribution >= 4 is 17.5 Å². The van der Waals surface area contributed by atoms with Gasteiger partial charge in [-0.2, -0.15) is 0 Å². The monoisotopic (exact) mass is 377 g/mol. The minimum atomic E-state index is -0.260. The van der Waals surface area contributed by atoms with E-state index in [0.717, 1.165) is 5.56 Å². The van der Waals surface area contributed by atoms with Crippen LogP contribution in [-0.4, -0.2) is 26.2 Å². The van der Waals surface area contributed by atoms with Crippen molar-refractivity contribution in [2.24, 2.45) is 0 Å². The molecule has 0 aromatic heterocycles. The number of hydrogen-bond acceptors (Lipinski definition) is 4. The number of carbonyl (C=O) groups is 1. The van der Waals surface area contributed by atoms with Crippen molar-refractivity contribution in [2.45, 2.75) is 26.8 Å². The Morgan fingerprint density at radius 2 is 1.69 bits per heavy atom. The summed E-state index contributed by atoms with van der Waals surface area (Å²) >= 11 is 6.01. The van der Waals surface area contributed by atoms with Gasteiger partial charge in [-0.15, -0.1) is 0 Å². The van der Waals surface area contributed by atoms with E-state index in [1.807, 2.05) is 39.0 Å². The highest BCUT2D eigenvalue weighted by atomic mass is 35.5. The van der Waals surface area contributed by atoms with Crippen LogP contribution in [0.2, 0.25) is 5.02 Å². The lowest BCUT2D eigenvalue weighted by Gasteiger charge is -2.18. The highest BCUT2D eigenvalue weighted by Gasteiger charge is 2.17. The second kappa shape index (κ2) is 9.34. The molecule has 26 heavy (non-hydrogen) atoms. The minimum absolute atomic E-state index is 0.235. The van der Waals surface area contributed by atoms with E-state index >= 15 is 0 Å². The third-order valence-electron chi connectivity index (χ3n) is 3.82. The standard InChI is InChI=1S/C20H24ClNO4/c1-5-25-18-9-7-14(11-19(18)26-6-2)13(3)22-20(23)16-12-15(21)8-10-17(16)24-4/h7-13H,5-6H2,1-4H3,(H,22,23)/t13-/m0/s1. The number of carbonyl (C=O) groups excluding carboxylic acids is 1. The van der Waals surface area contributed by atoms with Gasteiger partial charge in [0.15, 0.2) is 11.5 Å². The predicted molar refractivity (Wildman–Crippen MR) is 103 cm³/mol. The first-order valence-electron chi connectivity index (χ1n) is 8.54. The summed E-state index contributed by atoms with van der Waals surface area (Å²) in [6.07, 6.45) is 0. The summed E-state index contributed by atoms with van der Waals surface area (Å²) in [7, 11) is 1.52. The summed E-state index contributed by atoms with van der Waals surface area (Å²) < 4.78 is 16.5. The van der Waals surface area contributed by atoms with E-state index in [-0.39, 0.29) is 11.9 Å². The third-order valence-corrected chi connectivity index (χ3v) is 4.06. The molecule has 0 saturated heterocycles. The fraction of sp³-hybridized carbons (Fsp3) is 0.350. The summed E-state index contributed by atoms with van der Waals surface area (Å²) in [6, 6.07) is 10.4. The lowest BCUT2D eigenvalue weighted by atomic mass is 10.1. The molecule has 5 nitrogen and oxygen atoms in total. The van der Waals surface area contributed by atoms with Gasteiger partial charge in [0.05, 0.1) is 31.9 Å². The van der Waals surface area contributed by atoms with Crippen LogP contribution in [0.1, 0.15) is 42.7 Å². The van der Waals surface area contributed by atoms with Crippen molar-refractivity contribution < 1.29 is 19.0 Å². The molecule has 0 aliphatic carbocycles. The van der Waals surface area contributed by atoms with E-state index in [9.17, 15) is 4.79 Å². The van der Waals surface area contributed by atoms with Crippen LogP contribution >= 0.6 is 11.6 Å². The Morgan fingerprint density at radius 3 is 2.35 bits per heavy atom. The van der Waals surface area contributed by atoms with Gasteiger partial charge in [0.25, 0.3) is 5.91 Å². The van der Waals surface area contributed by atoms with Gasteiger partial charge in [-0.1, -0.05) is 17.7 Å². The number of halogens is 1. The molecule has 1 N–H and O–H groups in total. The highest BCUT2D eigenvalue weighted by molar-refractivity contribution is 6.31. The fourth-order valence-electron chi connectivity index (χ4n) is 2.55. The molecule has 1 amide bonds. The van der Waals surface area contributed by atoms with Crippen molar-refractivity contribution in [3.8, 4) is 17.2 Å². The fourth-order valence-corrected chi connectivity index (χ4v) is 2.72. The predicted octanol–water partition coefficient (Wildman–Crippen LogP) is 4.64. The topological polar surface area (TPSA) is 56.8 Å². The number of nitrogens with one attached hydrogen (secondary N) is 1. The minimum Gasteiger partial charge on any atom is -0.496 e. The first kappa shape index (κ1) is 19.9. The van der Waals surface area contributed by atoms with Gasteiger partial charge < -0.3 is 19.5 Å². The van der Waals surface area contributed by atoms with Crippen LogP contribution < -0.4 is 19.5 Å². The van der Waals surface area contributed by atoms with Crippen LogP contribution in [0, 0.1) is 0 Å². The summed E-state index contributed by atoms with van der Waals surface area (Å²) in [4.78, 5) is 12.6. The quantitative estimate of drug-likeness (QED) is 0.728. The van der Waals surface area contributed by atoms with E-state index in [4.69, 9.17) is 25.8 Å². The molecule has 0 radical (unpaired) electrons. The molecular weight excluding hydrogens is 354 g/mol. The molecule has 140 valence electrons. The first-order chi connectivity index (χ1) is 12.5. The average Bonchev–Trinajstić information content (AvgIpc) is 2.63. The number of ether oxygens (including phenoxy) is 3. The highest BCUT2D eigenvalue weighted by Crippen LogP contribution is 2.31. The molecule has 2 rings (SSSR count). The van der Waals surface area contributed by atoms with Gasteiger partial charge in [-0.3, -0.25) is 4.79 Å². The molecule has 0 aliphatic heterocycles. The summed E-state index contributed by atoms with van der Waals surface area (Å²) in [6.45, 7) is 6.83. The van der Waals surface area contributed by atoms with E-state index in [1.165, 1.54) is 7.11 Å². The molecule has 0 spiro atoms. The van der Waals surface area contributed by atoms with Crippen molar-refractivity contribution in [3.63, 3.8) is 0 Å². The molecular formula is C20H24ClNO4. The first-order valence-corrected chi connectivity index (χ1v) is 8.91. The van der Waals surface area contributed by atoms with Gasteiger partial charge in [0, 0.05) is 5.02 Å². The van der Waals surface area contributed by atoms with E-state index in [0.29, 0.717) is 41.0 Å². The zero-order valence-corrected chi connectivity index (χ0v) is 16.2. The van der Waals surface area contributed by atoms with Gasteiger partial charge in [-0.25, -0.2) is 0 Å². The maximum absolute atomic E-state index is 12.6. The molecule has 6 heteroatoms. The number of benzene rings is 2. The molecule has 2 aromatic rings. The molecule has 0 saturated carbocycles. The summed E-state index contributed by atoms with van der Waals surface area (Å²) in [5.41, 5.74) is 1.30. The van der Waals surface area contributed by atoms with Gasteiger partial charge in [0.2, 0.25) is 0 Å². The number of hydrogen-bond donors (Lipinski definition) is 1. The Balaban J connectivity index is 2.21. The Kier molecular flexibility index (Phi) is 7.16.